The summed E-state index contributed by atoms with van der Waals surface area (Å²) in [5, 5.41) is 13.6. The lowest BCUT2D eigenvalue weighted by atomic mass is 10.0. The third kappa shape index (κ3) is 35.4. The van der Waals surface area contributed by atoms with Crippen LogP contribution in [0, 0.1) is 0 Å². The van der Waals surface area contributed by atoms with E-state index in [1.807, 2.05) is 6.08 Å². The lowest BCUT2D eigenvalue weighted by Crippen LogP contribution is -2.45. The number of allylic oxidation sites excluding steroid dienone is 3. The first-order valence-electron chi connectivity index (χ1n) is 21.0. The van der Waals surface area contributed by atoms with Gasteiger partial charge in [-0.25, -0.2) is 4.57 Å². The summed E-state index contributed by atoms with van der Waals surface area (Å²) in [5.74, 6) is -0.206. The van der Waals surface area contributed by atoms with Gasteiger partial charge in [-0.3, -0.25) is 13.8 Å². The van der Waals surface area contributed by atoms with Gasteiger partial charge >= 0.3 is 7.82 Å². The number of phosphoric acid groups is 1. The Labute approximate surface area is 308 Å². The molecule has 5 N–H and O–H groups in total. The van der Waals surface area contributed by atoms with Crippen molar-refractivity contribution < 1.29 is 28.4 Å². The number of unbranched alkanes of at least 4 members (excludes halogenated alkanes) is 25. The second kappa shape index (κ2) is 37.7. The van der Waals surface area contributed by atoms with Crippen LogP contribution in [0.1, 0.15) is 200 Å². The van der Waals surface area contributed by atoms with Crippen molar-refractivity contribution in [2.45, 2.75) is 212 Å². The minimum atomic E-state index is -4.34. The second-order valence-electron chi connectivity index (χ2n) is 14.2. The molecule has 0 aromatic heterocycles. The van der Waals surface area contributed by atoms with Crippen molar-refractivity contribution in [3.05, 3.63) is 24.3 Å². The van der Waals surface area contributed by atoms with Gasteiger partial charge < -0.3 is 21.1 Å². The highest BCUT2D eigenvalue weighted by molar-refractivity contribution is 7.47. The van der Waals surface area contributed by atoms with Gasteiger partial charge in [-0.15, -0.1) is 0 Å². The van der Waals surface area contributed by atoms with E-state index in [-0.39, 0.29) is 25.7 Å². The number of aliphatic hydroxyl groups is 1. The molecule has 0 bridgehead atoms. The topological polar surface area (TPSA) is 131 Å². The van der Waals surface area contributed by atoms with E-state index in [0.717, 1.165) is 38.5 Å². The molecule has 0 aliphatic carbocycles. The first-order valence-corrected chi connectivity index (χ1v) is 22.5. The van der Waals surface area contributed by atoms with Crippen LogP contribution < -0.4 is 11.1 Å². The van der Waals surface area contributed by atoms with Gasteiger partial charge in [0, 0.05) is 13.0 Å². The number of nitrogens with one attached hydrogen (secondary N) is 1. The fourth-order valence-electron chi connectivity index (χ4n) is 6.09. The number of aliphatic hydroxyl groups excluding tert-OH is 1. The van der Waals surface area contributed by atoms with E-state index in [0.29, 0.717) is 6.42 Å². The van der Waals surface area contributed by atoms with Gasteiger partial charge in [0.1, 0.15) is 0 Å². The Morgan fingerprint density at radius 1 is 0.640 bits per heavy atom. The van der Waals surface area contributed by atoms with Crippen molar-refractivity contribution in [1.29, 1.82) is 0 Å². The maximum atomic E-state index is 12.7. The van der Waals surface area contributed by atoms with Crippen LogP contribution in [-0.2, 0) is 18.4 Å². The molecular formula is C41H81N2O6P. The molecule has 0 aliphatic rings. The molecule has 0 aliphatic heterocycles. The van der Waals surface area contributed by atoms with Crippen LogP contribution in [0.5, 0.6) is 0 Å². The average molecular weight is 729 g/mol. The second-order valence-corrected chi connectivity index (χ2v) is 15.7. The molecule has 8 nitrogen and oxygen atoms in total. The zero-order valence-electron chi connectivity index (χ0n) is 32.6. The maximum Gasteiger partial charge on any atom is 0.472 e. The Bertz CT molecular complexity index is 840. The average Bonchev–Trinajstić information content (AvgIpc) is 3.10. The summed E-state index contributed by atoms with van der Waals surface area (Å²) in [6, 6.07) is -0.871. The Hall–Kier alpha value is -1.02. The molecule has 0 saturated heterocycles. The lowest BCUT2D eigenvalue weighted by Gasteiger charge is -2.23. The maximum absolute atomic E-state index is 12.7. The van der Waals surface area contributed by atoms with Crippen molar-refractivity contribution in [3.8, 4) is 0 Å². The molecule has 0 spiro atoms. The fourth-order valence-corrected chi connectivity index (χ4v) is 6.85. The number of rotatable bonds is 39. The molecular weight excluding hydrogens is 647 g/mol. The third-order valence-electron chi connectivity index (χ3n) is 9.28. The highest BCUT2D eigenvalue weighted by Crippen LogP contribution is 2.43. The molecule has 9 heteroatoms. The molecule has 0 aromatic rings. The predicted octanol–water partition coefficient (Wildman–Crippen LogP) is 11.4. The monoisotopic (exact) mass is 729 g/mol. The SMILES string of the molecule is CCCCCCCCCCCCCCCCC/C=C/CC/C=C/C(O)C(COP(=O)(O)OCCN)NC(=O)CCCCCCCCCCCC. The van der Waals surface area contributed by atoms with Gasteiger partial charge in [0.05, 0.1) is 25.4 Å². The Balaban J connectivity index is 4.21. The van der Waals surface area contributed by atoms with E-state index in [4.69, 9.17) is 14.8 Å². The quantitative estimate of drug-likeness (QED) is 0.0281. The summed E-state index contributed by atoms with van der Waals surface area (Å²) in [6.45, 7) is 4.10. The largest absolute Gasteiger partial charge is 0.472 e. The van der Waals surface area contributed by atoms with Gasteiger partial charge in [-0.2, -0.15) is 0 Å². The van der Waals surface area contributed by atoms with Crippen LogP contribution in [-0.4, -0.2) is 47.8 Å². The lowest BCUT2D eigenvalue weighted by molar-refractivity contribution is -0.123. The van der Waals surface area contributed by atoms with Gasteiger partial charge in [0.2, 0.25) is 5.91 Å². The van der Waals surface area contributed by atoms with Crippen molar-refractivity contribution >= 4 is 13.7 Å². The third-order valence-corrected chi connectivity index (χ3v) is 10.3. The molecule has 0 heterocycles. The van der Waals surface area contributed by atoms with Crippen LogP contribution in [0.3, 0.4) is 0 Å². The summed E-state index contributed by atoms with van der Waals surface area (Å²) in [4.78, 5) is 22.6. The van der Waals surface area contributed by atoms with Crippen LogP contribution in [0.4, 0.5) is 0 Å². The first-order chi connectivity index (χ1) is 24.4. The molecule has 1 amide bonds. The van der Waals surface area contributed by atoms with Crippen LogP contribution in [0.2, 0.25) is 0 Å². The van der Waals surface area contributed by atoms with E-state index in [2.05, 4.69) is 31.3 Å². The van der Waals surface area contributed by atoms with E-state index in [9.17, 15) is 19.4 Å². The van der Waals surface area contributed by atoms with Crippen molar-refractivity contribution in [2.75, 3.05) is 19.8 Å². The number of phosphoric ester groups is 1. The van der Waals surface area contributed by atoms with Crippen LogP contribution in [0.25, 0.3) is 0 Å². The van der Waals surface area contributed by atoms with E-state index in [1.165, 1.54) is 141 Å². The molecule has 3 unspecified atom stereocenters. The number of hydrogen-bond acceptors (Lipinski definition) is 6. The number of hydrogen-bond donors (Lipinski definition) is 4. The van der Waals surface area contributed by atoms with Gasteiger partial charge in [-0.1, -0.05) is 186 Å². The summed E-state index contributed by atoms with van der Waals surface area (Å²) in [6.07, 6.45) is 42.4. The Morgan fingerprint density at radius 3 is 1.54 bits per heavy atom. The highest BCUT2D eigenvalue weighted by Gasteiger charge is 2.26. The summed E-state index contributed by atoms with van der Waals surface area (Å²) in [7, 11) is -4.34. The highest BCUT2D eigenvalue weighted by atomic mass is 31.2. The summed E-state index contributed by atoms with van der Waals surface area (Å²) < 4.78 is 22.0. The van der Waals surface area contributed by atoms with E-state index < -0.39 is 20.0 Å². The molecule has 0 radical (unpaired) electrons. The summed E-state index contributed by atoms with van der Waals surface area (Å²) in [5.41, 5.74) is 5.36. The van der Waals surface area contributed by atoms with Gasteiger partial charge in [-0.05, 0) is 32.1 Å². The Morgan fingerprint density at radius 2 is 1.06 bits per heavy atom. The Kier molecular flexibility index (Phi) is 37.0. The molecule has 0 rings (SSSR count). The minimum Gasteiger partial charge on any atom is -0.387 e. The number of amides is 1. The molecule has 296 valence electrons. The van der Waals surface area contributed by atoms with Crippen LogP contribution >= 0.6 is 7.82 Å². The predicted molar refractivity (Wildman–Crippen MR) is 212 cm³/mol. The van der Waals surface area contributed by atoms with Crippen LogP contribution in [0.15, 0.2) is 24.3 Å². The van der Waals surface area contributed by atoms with Crippen molar-refractivity contribution in [3.63, 3.8) is 0 Å². The molecule has 0 saturated carbocycles. The van der Waals surface area contributed by atoms with E-state index in [1.54, 1.807) is 6.08 Å². The zero-order chi connectivity index (χ0) is 36.8. The van der Waals surface area contributed by atoms with Crippen molar-refractivity contribution in [1.82, 2.24) is 5.32 Å². The zero-order valence-corrected chi connectivity index (χ0v) is 33.5. The molecule has 50 heavy (non-hydrogen) atoms. The first kappa shape index (κ1) is 49.0. The minimum absolute atomic E-state index is 0.0756. The molecule has 0 fully saturated rings. The number of carbonyl (C=O) groups is 1. The number of carbonyl (C=O) groups excluding carboxylic acids is 1. The smallest absolute Gasteiger partial charge is 0.387 e. The van der Waals surface area contributed by atoms with Crippen molar-refractivity contribution in [2.24, 2.45) is 5.73 Å². The standard InChI is InChI=1S/C41H81N2O6P/c1-3-5-7-9-11-13-15-16-17-18-19-20-21-22-23-24-25-26-28-30-32-34-40(44)39(38-49-50(46,47)48-37-36-42)43-41(45)35-33-31-29-27-14-12-10-8-6-4-2/h25-26,32,34,39-40,44H,3-24,27-31,33,35-38,42H2,1-2H3,(H,43,45)(H,46,47)/b26-25+,34-32+. The normalized spacial score (nSPS) is 14.4. The van der Waals surface area contributed by atoms with Gasteiger partial charge in [0.25, 0.3) is 0 Å². The van der Waals surface area contributed by atoms with E-state index >= 15 is 0 Å². The van der Waals surface area contributed by atoms with Gasteiger partial charge in [0.15, 0.2) is 0 Å². The molecule has 3 atom stereocenters. The fraction of sp³-hybridized carbons (Fsp3) is 0.878. The molecule has 0 aromatic carbocycles. The summed E-state index contributed by atoms with van der Waals surface area (Å²) >= 11 is 0. The number of nitrogens with two attached hydrogens (primary N) is 1.